The molecule has 0 heterocycles. The molecule has 0 aromatic heterocycles. The summed E-state index contributed by atoms with van der Waals surface area (Å²) in [6.45, 7) is 26.9. The third-order valence-electron chi connectivity index (χ3n) is 5.77. The minimum absolute atomic E-state index is 0.0275. The van der Waals surface area contributed by atoms with Gasteiger partial charge in [0.15, 0.2) is 16.6 Å². The van der Waals surface area contributed by atoms with Gasteiger partial charge in [0.25, 0.3) is 0 Å². The molecule has 0 radical (unpaired) electrons. The predicted molar refractivity (Wildman–Crippen MR) is 172 cm³/mol. The van der Waals surface area contributed by atoms with Gasteiger partial charge in [-0.25, -0.2) is 0 Å². The lowest BCUT2D eigenvalue weighted by Gasteiger charge is -2.35. The van der Waals surface area contributed by atoms with Gasteiger partial charge in [0.2, 0.25) is 0 Å². The molecule has 0 aliphatic carbocycles. The van der Waals surface area contributed by atoms with E-state index >= 15 is 0 Å². The van der Waals surface area contributed by atoms with Gasteiger partial charge in [-0.05, 0) is 67.7 Å². The first-order chi connectivity index (χ1) is 19.1. The molecule has 0 rings (SSSR count). The second kappa shape index (κ2) is 23.4. The summed E-state index contributed by atoms with van der Waals surface area (Å²) in [5.74, 6) is 0. The fourth-order valence-electron chi connectivity index (χ4n) is 3.85. The molecule has 0 amide bonds. The first-order valence-corrected chi connectivity index (χ1v) is 21.6. The first-order valence-electron chi connectivity index (χ1n) is 15.3. The molecule has 11 nitrogen and oxygen atoms in total. The molecular formula is C28H66N4O7Si2. The topological polar surface area (TPSA) is 141 Å². The van der Waals surface area contributed by atoms with Gasteiger partial charge in [0, 0.05) is 36.5 Å². The van der Waals surface area contributed by atoms with Gasteiger partial charge in [-0.1, -0.05) is 0 Å². The summed E-state index contributed by atoms with van der Waals surface area (Å²) in [4.78, 5) is 0. The molecule has 0 spiro atoms. The molecular weight excluding hydrogens is 561 g/mol. The molecule has 0 fully saturated rings. The fourth-order valence-corrected chi connectivity index (χ4v) is 12.1. The number of ether oxygens (including phenoxy) is 6. The SMILES string of the molecule is CC(N)COCC(C)OCCOCC(C)NC[Si](C)(C)O[Si](C)(C)CNC(C)COCCOC(C)COCC(C)N. The Balaban J connectivity index is 3.99. The number of hydrogen-bond donors (Lipinski definition) is 4. The highest BCUT2D eigenvalue weighted by Gasteiger charge is 2.33. The third kappa shape index (κ3) is 27.3. The lowest BCUT2D eigenvalue weighted by atomic mass is 10.4. The van der Waals surface area contributed by atoms with Crippen LogP contribution >= 0.6 is 0 Å². The number of nitrogens with one attached hydrogen (secondary N) is 2. The van der Waals surface area contributed by atoms with Crippen molar-refractivity contribution in [3.63, 3.8) is 0 Å². The normalized spacial score (nSPS) is 17.3. The van der Waals surface area contributed by atoms with Crippen LogP contribution in [-0.4, -0.2) is 131 Å². The zero-order valence-corrected chi connectivity index (χ0v) is 30.0. The van der Waals surface area contributed by atoms with E-state index in [9.17, 15) is 0 Å². The molecule has 0 aromatic rings. The second-order valence-corrected chi connectivity index (χ2v) is 21.3. The van der Waals surface area contributed by atoms with Crippen LogP contribution in [0.5, 0.6) is 0 Å². The van der Waals surface area contributed by atoms with Crippen LogP contribution in [0.2, 0.25) is 26.2 Å². The Morgan fingerprint density at radius 3 is 1.22 bits per heavy atom. The summed E-state index contributed by atoms with van der Waals surface area (Å²) in [7, 11) is -3.77. The van der Waals surface area contributed by atoms with Crippen LogP contribution in [0.4, 0.5) is 0 Å². The number of hydrogen-bond acceptors (Lipinski definition) is 11. The molecule has 0 saturated carbocycles. The van der Waals surface area contributed by atoms with E-state index in [0.29, 0.717) is 66.1 Å². The minimum Gasteiger partial charge on any atom is -0.454 e. The van der Waals surface area contributed by atoms with Crippen molar-refractivity contribution in [1.82, 2.24) is 10.6 Å². The van der Waals surface area contributed by atoms with Crippen LogP contribution in [0.3, 0.4) is 0 Å². The Labute approximate surface area is 253 Å². The van der Waals surface area contributed by atoms with Crippen molar-refractivity contribution < 1.29 is 32.5 Å². The Kier molecular flexibility index (Phi) is 23.4. The van der Waals surface area contributed by atoms with Crippen LogP contribution in [0.1, 0.15) is 41.5 Å². The van der Waals surface area contributed by atoms with Crippen molar-refractivity contribution in [3.8, 4) is 0 Å². The van der Waals surface area contributed by atoms with Crippen molar-refractivity contribution in [2.75, 3.05) is 78.4 Å². The van der Waals surface area contributed by atoms with Crippen LogP contribution in [0.15, 0.2) is 0 Å². The highest BCUT2D eigenvalue weighted by Crippen LogP contribution is 2.14. The van der Waals surface area contributed by atoms with Crippen molar-refractivity contribution in [2.45, 2.75) is 104 Å². The molecule has 13 heteroatoms. The monoisotopic (exact) mass is 626 g/mol. The van der Waals surface area contributed by atoms with Gasteiger partial charge in [-0.15, -0.1) is 0 Å². The maximum absolute atomic E-state index is 6.75. The molecule has 6 atom stereocenters. The highest BCUT2D eigenvalue weighted by atomic mass is 28.4. The van der Waals surface area contributed by atoms with Gasteiger partial charge in [-0.2, -0.15) is 0 Å². The van der Waals surface area contributed by atoms with Crippen LogP contribution < -0.4 is 22.1 Å². The predicted octanol–water partition coefficient (Wildman–Crippen LogP) is 2.02. The molecule has 0 aliphatic rings. The molecule has 41 heavy (non-hydrogen) atoms. The molecule has 248 valence electrons. The highest BCUT2D eigenvalue weighted by molar-refractivity contribution is 6.85. The largest absolute Gasteiger partial charge is 0.454 e. The summed E-state index contributed by atoms with van der Waals surface area (Å²) in [6, 6.07) is 0.568. The van der Waals surface area contributed by atoms with Crippen molar-refractivity contribution in [2.24, 2.45) is 11.5 Å². The quantitative estimate of drug-likeness (QED) is 0.0749. The maximum Gasteiger partial charge on any atom is 0.187 e. The third-order valence-corrected chi connectivity index (χ3v) is 12.3. The molecule has 6 unspecified atom stereocenters. The Morgan fingerprint density at radius 1 is 0.512 bits per heavy atom. The van der Waals surface area contributed by atoms with Gasteiger partial charge in [-0.3, -0.25) is 0 Å². The fraction of sp³-hybridized carbons (Fsp3) is 1.00. The Hall–Kier alpha value is -0.00623. The van der Waals surface area contributed by atoms with Gasteiger partial charge in [0.1, 0.15) is 0 Å². The zero-order chi connectivity index (χ0) is 31.3. The maximum atomic E-state index is 6.75. The number of rotatable bonds is 28. The average Bonchev–Trinajstić information content (AvgIpc) is 2.85. The Morgan fingerprint density at radius 2 is 0.878 bits per heavy atom. The molecule has 0 aliphatic heterocycles. The van der Waals surface area contributed by atoms with E-state index in [0.717, 1.165) is 12.3 Å². The average molecular weight is 627 g/mol. The lowest BCUT2D eigenvalue weighted by molar-refractivity contribution is -0.0326. The first kappa shape index (κ1) is 41.0. The molecule has 0 aromatic carbocycles. The standard InChI is InChI=1S/C28H66N4O7Si2/c1-23(29)15-35-19-27(5)37-13-11-33-17-25(3)31-21-40(7,8)39-41(9,10)22-32-26(4)18-34-12-14-38-28(6)20-36-16-24(2)30/h23-28,31-32H,11-22,29-30H2,1-10H3. The van der Waals surface area contributed by atoms with Gasteiger partial charge in [0.05, 0.1) is 78.3 Å². The van der Waals surface area contributed by atoms with Crippen molar-refractivity contribution >= 4 is 16.6 Å². The molecule has 6 N–H and O–H groups in total. The van der Waals surface area contributed by atoms with E-state index < -0.39 is 16.6 Å². The van der Waals surface area contributed by atoms with Crippen molar-refractivity contribution in [3.05, 3.63) is 0 Å². The van der Waals surface area contributed by atoms with E-state index in [2.05, 4.69) is 50.7 Å². The molecule has 0 bridgehead atoms. The van der Waals surface area contributed by atoms with Crippen LogP contribution in [0, 0.1) is 0 Å². The Bertz CT molecular complexity index is 572. The van der Waals surface area contributed by atoms with E-state index in [4.69, 9.17) is 44.0 Å². The summed E-state index contributed by atoms with van der Waals surface area (Å²) >= 11 is 0. The van der Waals surface area contributed by atoms with E-state index in [1.807, 2.05) is 27.7 Å². The summed E-state index contributed by atoms with van der Waals surface area (Å²) in [5.41, 5.74) is 11.4. The summed E-state index contributed by atoms with van der Waals surface area (Å²) in [6.07, 6.45) is 1.82. The van der Waals surface area contributed by atoms with E-state index in [1.165, 1.54) is 0 Å². The van der Waals surface area contributed by atoms with Gasteiger partial charge >= 0.3 is 0 Å². The van der Waals surface area contributed by atoms with E-state index in [1.54, 1.807) is 0 Å². The second-order valence-electron chi connectivity index (χ2n) is 12.7. The minimum atomic E-state index is -1.88. The summed E-state index contributed by atoms with van der Waals surface area (Å²) < 4.78 is 40.8. The lowest BCUT2D eigenvalue weighted by Crippen LogP contribution is -2.56. The van der Waals surface area contributed by atoms with Crippen molar-refractivity contribution in [1.29, 1.82) is 0 Å². The van der Waals surface area contributed by atoms with E-state index in [-0.39, 0.29) is 36.4 Å². The van der Waals surface area contributed by atoms with Crippen LogP contribution in [0.25, 0.3) is 0 Å². The summed E-state index contributed by atoms with van der Waals surface area (Å²) in [5, 5.41) is 7.22. The zero-order valence-electron chi connectivity index (χ0n) is 28.0. The van der Waals surface area contributed by atoms with Gasteiger partial charge < -0.3 is 54.6 Å². The number of nitrogens with two attached hydrogens (primary N) is 2. The molecule has 0 saturated heterocycles. The smallest absolute Gasteiger partial charge is 0.187 e. The van der Waals surface area contributed by atoms with Crippen LogP contribution in [-0.2, 0) is 32.5 Å².